The van der Waals surface area contributed by atoms with Crippen LogP contribution in [0.1, 0.15) is 27.9 Å². The van der Waals surface area contributed by atoms with E-state index in [4.69, 9.17) is 0 Å². The molecule has 1 heterocycles. The van der Waals surface area contributed by atoms with E-state index in [0.29, 0.717) is 0 Å². The van der Waals surface area contributed by atoms with Crippen molar-refractivity contribution in [1.29, 1.82) is 0 Å². The van der Waals surface area contributed by atoms with Crippen LogP contribution in [0.5, 0.6) is 0 Å². The van der Waals surface area contributed by atoms with E-state index < -0.39 is 0 Å². The molecule has 0 atom stereocenters. The second-order valence-electron chi connectivity index (χ2n) is 4.04. The largest absolute Gasteiger partial charge is 0.295 e. The molecule has 0 radical (unpaired) electrons. The first-order valence-corrected chi connectivity index (χ1v) is 7.66. The van der Waals surface area contributed by atoms with Crippen LogP contribution in [-0.4, -0.2) is 16.5 Å². The second kappa shape index (κ2) is 6.16. The Hall–Kier alpha value is -1.13. The average Bonchev–Trinajstić information content (AvgIpc) is 2.76. The topological polar surface area (TPSA) is 30.0 Å². The van der Waals surface area contributed by atoms with Crippen molar-refractivity contribution in [3.63, 3.8) is 0 Å². The summed E-state index contributed by atoms with van der Waals surface area (Å²) in [6, 6.07) is 7.82. The van der Waals surface area contributed by atoms with E-state index in [1.54, 1.807) is 30.0 Å². The predicted octanol–water partition coefficient (Wildman–Crippen LogP) is 3.99. The van der Waals surface area contributed by atoms with Gasteiger partial charge in [-0.2, -0.15) is 0 Å². The monoisotopic (exact) mass is 277 g/mol. The van der Waals surface area contributed by atoms with Crippen LogP contribution in [0.25, 0.3) is 0 Å². The van der Waals surface area contributed by atoms with Crippen LogP contribution in [0, 0.1) is 6.92 Å². The van der Waals surface area contributed by atoms with Gasteiger partial charge in [-0.25, -0.2) is 4.98 Å². The van der Waals surface area contributed by atoms with Gasteiger partial charge in [0.2, 0.25) is 0 Å². The zero-order valence-electron chi connectivity index (χ0n) is 10.5. The Morgan fingerprint density at radius 1 is 1.44 bits per heavy atom. The summed E-state index contributed by atoms with van der Waals surface area (Å²) in [6.07, 6.45) is 1.03. The lowest BCUT2D eigenvalue weighted by atomic mass is 10.2. The highest BCUT2D eigenvalue weighted by atomic mass is 32.2. The molecule has 2 aromatic rings. The van der Waals surface area contributed by atoms with Gasteiger partial charge < -0.3 is 0 Å². The molecule has 0 spiro atoms. The van der Waals surface area contributed by atoms with Crippen molar-refractivity contribution in [1.82, 2.24) is 4.98 Å². The predicted molar refractivity (Wildman–Crippen MR) is 77.7 cm³/mol. The third-order valence-corrected chi connectivity index (χ3v) is 4.67. The maximum atomic E-state index is 11.3. The number of ketones is 1. The number of nitrogens with zero attached hydrogens (tertiary/aromatic N) is 1. The number of thioether (sulfide) groups is 1. The van der Waals surface area contributed by atoms with Crippen LogP contribution in [0.2, 0.25) is 0 Å². The summed E-state index contributed by atoms with van der Waals surface area (Å²) in [6.45, 7) is 3.65. The molecule has 0 aliphatic rings. The normalized spacial score (nSPS) is 10.6. The summed E-state index contributed by atoms with van der Waals surface area (Å²) in [7, 11) is 0. The zero-order chi connectivity index (χ0) is 13.0. The van der Waals surface area contributed by atoms with Crippen molar-refractivity contribution in [3.05, 3.63) is 45.9 Å². The molecule has 0 N–H and O–H groups in total. The van der Waals surface area contributed by atoms with Crippen molar-refractivity contribution in [2.24, 2.45) is 0 Å². The van der Waals surface area contributed by atoms with E-state index in [1.165, 1.54) is 4.88 Å². The van der Waals surface area contributed by atoms with Gasteiger partial charge in [-0.3, -0.25) is 4.79 Å². The number of carbonyl (C=O) groups is 1. The second-order valence-corrected chi connectivity index (χ2v) is 6.15. The van der Waals surface area contributed by atoms with Gasteiger partial charge in [-0.1, -0.05) is 12.1 Å². The van der Waals surface area contributed by atoms with Gasteiger partial charge in [0, 0.05) is 21.1 Å². The van der Waals surface area contributed by atoms with Crippen LogP contribution in [0.15, 0.2) is 34.7 Å². The smallest absolute Gasteiger partial charge is 0.159 e. The molecular weight excluding hydrogens is 262 g/mol. The first-order chi connectivity index (χ1) is 8.66. The van der Waals surface area contributed by atoms with Crippen molar-refractivity contribution < 1.29 is 4.79 Å². The summed E-state index contributed by atoms with van der Waals surface area (Å²) in [4.78, 5) is 18.0. The van der Waals surface area contributed by atoms with Crippen molar-refractivity contribution >= 4 is 28.9 Å². The van der Waals surface area contributed by atoms with Gasteiger partial charge in [0.1, 0.15) is 0 Å². The van der Waals surface area contributed by atoms with Crippen LogP contribution in [-0.2, 0) is 6.42 Å². The lowest BCUT2D eigenvalue weighted by molar-refractivity contribution is 0.101. The van der Waals surface area contributed by atoms with E-state index in [1.807, 2.05) is 30.6 Å². The SMILES string of the molecule is CC(=O)c1cccc(SCCc2scnc2C)c1. The Morgan fingerprint density at radius 2 is 2.28 bits per heavy atom. The molecule has 0 amide bonds. The molecule has 1 aromatic carbocycles. The quantitative estimate of drug-likeness (QED) is 0.611. The standard InChI is InChI=1S/C14H15NOS2/c1-10-14(18-9-15-10)6-7-17-13-5-3-4-12(8-13)11(2)16/h3-5,8-9H,6-7H2,1-2H3. The fraction of sp³-hybridized carbons (Fsp3) is 0.286. The van der Waals surface area contributed by atoms with Crippen molar-refractivity contribution in [2.75, 3.05) is 5.75 Å². The lowest BCUT2D eigenvalue weighted by Crippen LogP contribution is -1.92. The number of aryl methyl sites for hydroxylation is 2. The maximum absolute atomic E-state index is 11.3. The Kier molecular flexibility index (Phi) is 4.55. The van der Waals surface area contributed by atoms with Crippen molar-refractivity contribution in [2.45, 2.75) is 25.2 Å². The maximum Gasteiger partial charge on any atom is 0.159 e. The van der Waals surface area contributed by atoms with Crippen LogP contribution < -0.4 is 0 Å². The summed E-state index contributed by atoms with van der Waals surface area (Å²) >= 11 is 3.50. The molecular formula is C14H15NOS2. The first-order valence-electron chi connectivity index (χ1n) is 5.79. The molecule has 0 fully saturated rings. The van der Waals surface area contributed by atoms with Gasteiger partial charge in [0.15, 0.2) is 5.78 Å². The minimum atomic E-state index is 0.121. The third-order valence-electron chi connectivity index (χ3n) is 2.68. The van der Waals surface area contributed by atoms with E-state index in [9.17, 15) is 4.79 Å². The highest BCUT2D eigenvalue weighted by Crippen LogP contribution is 2.22. The van der Waals surface area contributed by atoms with Gasteiger partial charge in [-0.15, -0.1) is 23.1 Å². The Balaban J connectivity index is 1.92. The minimum absolute atomic E-state index is 0.121. The molecule has 0 bridgehead atoms. The number of carbonyl (C=O) groups excluding carboxylic acids is 1. The number of hydrogen-bond acceptors (Lipinski definition) is 4. The minimum Gasteiger partial charge on any atom is -0.295 e. The summed E-state index contributed by atoms with van der Waals surface area (Å²) in [5.41, 5.74) is 3.82. The van der Waals surface area contributed by atoms with E-state index in [0.717, 1.165) is 28.3 Å². The van der Waals surface area contributed by atoms with E-state index in [-0.39, 0.29) is 5.78 Å². The number of Topliss-reactive ketones (excluding diaryl/α,β-unsaturated/α-hetero) is 1. The van der Waals surface area contributed by atoms with E-state index in [2.05, 4.69) is 11.1 Å². The molecule has 0 saturated heterocycles. The Labute approximate surface area is 115 Å². The number of aromatic nitrogens is 1. The first kappa shape index (κ1) is 13.3. The molecule has 94 valence electrons. The highest BCUT2D eigenvalue weighted by Gasteiger charge is 2.03. The molecule has 1 aromatic heterocycles. The number of benzene rings is 1. The molecule has 0 unspecified atom stereocenters. The Morgan fingerprint density at radius 3 is 2.94 bits per heavy atom. The lowest BCUT2D eigenvalue weighted by Gasteiger charge is -2.03. The van der Waals surface area contributed by atoms with Gasteiger partial charge in [0.05, 0.1) is 11.2 Å². The van der Waals surface area contributed by atoms with E-state index >= 15 is 0 Å². The van der Waals surface area contributed by atoms with Crippen LogP contribution in [0.4, 0.5) is 0 Å². The van der Waals surface area contributed by atoms with Crippen molar-refractivity contribution in [3.8, 4) is 0 Å². The number of hydrogen-bond donors (Lipinski definition) is 0. The Bertz CT molecular complexity index is 548. The molecule has 0 saturated carbocycles. The number of thiazole rings is 1. The average molecular weight is 277 g/mol. The third kappa shape index (κ3) is 3.43. The molecule has 0 aliphatic carbocycles. The number of rotatable bonds is 5. The van der Waals surface area contributed by atoms with Gasteiger partial charge >= 0.3 is 0 Å². The highest BCUT2D eigenvalue weighted by molar-refractivity contribution is 7.99. The molecule has 0 aliphatic heterocycles. The molecule has 4 heteroatoms. The van der Waals surface area contributed by atoms with Crippen LogP contribution >= 0.6 is 23.1 Å². The summed E-state index contributed by atoms with van der Waals surface area (Å²) < 4.78 is 0. The fourth-order valence-corrected chi connectivity index (χ4v) is 3.47. The molecule has 2 nitrogen and oxygen atoms in total. The van der Waals surface area contributed by atoms with Gasteiger partial charge in [-0.05, 0) is 32.4 Å². The molecule has 18 heavy (non-hydrogen) atoms. The summed E-state index contributed by atoms with van der Waals surface area (Å²) in [5, 5.41) is 0. The van der Waals surface area contributed by atoms with Crippen LogP contribution in [0.3, 0.4) is 0 Å². The van der Waals surface area contributed by atoms with Gasteiger partial charge in [0.25, 0.3) is 0 Å². The molecule has 2 rings (SSSR count). The fourth-order valence-electron chi connectivity index (χ4n) is 1.63. The summed E-state index contributed by atoms with van der Waals surface area (Å²) in [5.74, 6) is 1.14. The zero-order valence-corrected chi connectivity index (χ0v) is 12.1.